The summed E-state index contributed by atoms with van der Waals surface area (Å²) in [6.07, 6.45) is 5.91. The zero-order chi connectivity index (χ0) is 23.4. The number of hydrogen-bond acceptors (Lipinski definition) is 8. The molecule has 0 spiro atoms. The molecule has 5 aromatic rings. The second-order valence-electron chi connectivity index (χ2n) is 7.97. The summed E-state index contributed by atoms with van der Waals surface area (Å²) >= 11 is 1.46. The van der Waals surface area contributed by atoms with Crippen molar-refractivity contribution in [3.05, 3.63) is 59.1 Å². The maximum absolute atomic E-state index is 13.6. The van der Waals surface area contributed by atoms with Crippen LogP contribution in [0.2, 0.25) is 0 Å². The molecular formula is C20H16F2N10OS. The summed E-state index contributed by atoms with van der Waals surface area (Å²) in [5.74, 6) is 0.172. The average molecular weight is 482 g/mol. The molecule has 0 bridgehead atoms. The molecule has 5 heterocycles. The molecule has 1 aliphatic carbocycles. The van der Waals surface area contributed by atoms with Gasteiger partial charge < -0.3 is 5.32 Å². The van der Waals surface area contributed by atoms with E-state index in [4.69, 9.17) is 0 Å². The highest BCUT2D eigenvalue weighted by molar-refractivity contribution is 7.14. The smallest absolute Gasteiger partial charge is 0.282 e. The SMILES string of the molecule is Cc1cnc(-c2cnc3c(-n4nncc4C(F)F)cc(C(=O)NC4(c5ncn[nH]5)CC4)cn23)s1. The van der Waals surface area contributed by atoms with Crippen molar-refractivity contribution < 1.29 is 13.6 Å². The fourth-order valence-corrected chi connectivity index (χ4v) is 4.60. The summed E-state index contributed by atoms with van der Waals surface area (Å²) < 4.78 is 29.9. The van der Waals surface area contributed by atoms with E-state index >= 15 is 0 Å². The lowest BCUT2D eigenvalue weighted by Crippen LogP contribution is -2.36. The molecule has 5 aromatic heterocycles. The fraction of sp³-hybridized carbons (Fsp3) is 0.250. The largest absolute Gasteiger partial charge is 0.339 e. The van der Waals surface area contributed by atoms with E-state index in [1.165, 1.54) is 23.7 Å². The number of alkyl halides is 2. The van der Waals surface area contributed by atoms with Crippen LogP contribution in [0.15, 0.2) is 37.2 Å². The first-order valence-corrected chi connectivity index (χ1v) is 11.1. The minimum absolute atomic E-state index is 0.199. The van der Waals surface area contributed by atoms with Crippen molar-refractivity contribution in [3.8, 4) is 16.4 Å². The monoisotopic (exact) mass is 482 g/mol. The number of aromatic amines is 1. The van der Waals surface area contributed by atoms with Crippen LogP contribution in [0, 0.1) is 6.92 Å². The van der Waals surface area contributed by atoms with Gasteiger partial charge in [0, 0.05) is 17.3 Å². The zero-order valence-electron chi connectivity index (χ0n) is 17.6. The van der Waals surface area contributed by atoms with E-state index in [0.29, 0.717) is 35.0 Å². The van der Waals surface area contributed by atoms with E-state index in [1.54, 1.807) is 23.0 Å². The van der Waals surface area contributed by atoms with Crippen LogP contribution < -0.4 is 5.32 Å². The third kappa shape index (κ3) is 3.25. The lowest BCUT2D eigenvalue weighted by molar-refractivity contribution is 0.0928. The van der Waals surface area contributed by atoms with Crippen LogP contribution in [0.1, 0.15) is 46.0 Å². The summed E-state index contributed by atoms with van der Waals surface area (Å²) in [5, 5.41) is 17.8. The Morgan fingerprint density at radius 2 is 2.09 bits per heavy atom. The van der Waals surface area contributed by atoms with Gasteiger partial charge in [-0.3, -0.25) is 14.3 Å². The maximum atomic E-state index is 13.6. The molecule has 1 aliphatic rings. The molecule has 0 radical (unpaired) electrons. The van der Waals surface area contributed by atoms with Crippen molar-refractivity contribution >= 4 is 22.9 Å². The maximum Gasteiger partial charge on any atom is 0.282 e. The fourth-order valence-electron chi connectivity index (χ4n) is 3.83. The number of fused-ring (bicyclic) bond motifs is 1. The predicted octanol–water partition coefficient (Wildman–Crippen LogP) is 2.82. The van der Waals surface area contributed by atoms with Gasteiger partial charge in [0.2, 0.25) is 0 Å². The second-order valence-corrected chi connectivity index (χ2v) is 9.20. The number of nitrogens with zero attached hydrogens (tertiary/aromatic N) is 8. The van der Waals surface area contributed by atoms with E-state index in [2.05, 4.69) is 40.8 Å². The summed E-state index contributed by atoms with van der Waals surface area (Å²) in [6, 6.07) is 1.48. The number of aryl methyl sites for hydroxylation is 1. The standard InChI is InChI=1S/C20H16F2N10OS/c1-10-5-24-18(34-10)14-6-23-16-12(32-13(15(21)22)7-26-30-32)4-11(8-31(14)16)17(33)28-20(2-3-20)19-25-9-27-29-19/h4-9,15H,2-3H2,1H3,(H,28,33)(H,25,27,29). The molecule has 1 saturated carbocycles. The Morgan fingerprint density at radius 1 is 1.24 bits per heavy atom. The first-order chi connectivity index (χ1) is 16.4. The van der Waals surface area contributed by atoms with Crippen molar-refractivity contribution in [1.82, 2.24) is 49.9 Å². The van der Waals surface area contributed by atoms with Gasteiger partial charge in [-0.1, -0.05) is 5.21 Å². The van der Waals surface area contributed by atoms with Gasteiger partial charge >= 0.3 is 0 Å². The van der Waals surface area contributed by atoms with Gasteiger partial charge in [0.1, 0.15) is 34.2 Å². The molecule has 1 amide bonds. The molecule has 172 valence electrons. The molecule has 14 heteroatoms. The quantitative estimate of drug-likeness (QED) is 0.380. The zero-order valence-corrected chi connectivity index (χ0v) is 18.4. The number of hydrogen-bond donors (Lipinski definition) is 2. The highest BCUT2D eigenvalue weighted by Gasteiger charge is 2.48. The van der Waals surface area contributed by atoms with Gasteiger partial charge in [-0.2, -0.15) is 5.10 Å². The molecular weight excluding hydrogens is 466 g/mol. The Labute approximate surface area is 193 Å². The molecule has 0 aromatic carbocycles. The lowest BCUT2D eigenvalue weighted by atomic mass is 10.2. The van der Waals surface area contributed by atoms with Crippen molar-refractivity contribution in [2.45, 2.75) is 31.7 Å². The highest BCUT2D eigenvalue weighted by Crippen LogP contribution is 2.43. The average Bonchev–Trinajstić information content (AvgIpc) is 3.38. The van der Waals surface area contributed by atoms with Gasteiger partial charge in [-0.25, -0.2) is 28.4 Å². The number of thiazole rings is 1. The van der Waals surface area contributed by atoms with Gasteiger partial charge in [0.15, 0.2) is 5.65 Å². The van der Waals surface area contributed by atoms with Crippen LogP contribution in [-0.2, 0) is 5.54 Å². The van der Waals surface area contributed by atoms with E-state index < -0.39 is 23.6 Å². The lowest BCUT2D eigenvalue weighted by Gasteiger charge is -2.16. The van der Waals surface area contributed by atoms with Crippen LogP contribution in [0.4, 0.5) is 8.78 Å². The molecule has 0 saturated heterocycles. The van der Waals surface area contributed by atoms with E-state index in [0.717, 1.165) is 15.8 Å². The van der Waals surface area contributed by atoms with Crippen LogP contribution in [0.3, 0.4) is 0 Å². The number of carbonyl (C=O) groups is 1. The number of imidazole rings is 1. The third-order valence-electron chi connectivity index (χ3n) is 5.69. The first kappa shape index (κ1) is 20.5. The number of halogens is 2. The van der Waals surface area contributed by atoms with Crippen LogP contribution in [0.5, 0.6) is 0 Å². The molecule has 0 atom stereocenters. The molecule has 11 nitrogen and oxygen atoms in total. The summed E-state index contributed by atoms with van der Waals surface area (Å²) in [4.78, 5) is 27.4. The Bertz CT molecular complexity index is 1520. The Kier molecular flexibility index (Phi) is 4.52. The normalized spacial score (nSPS) is 14.7. The minimum atomic E-state index is -2.82. The van der Waals surface area contributed by atoms with Gasteiger partial charge in [0.25, 0.3) is 12.3 Å². The number of carbonyl (C=O) groups excluding carboxylic acids is 1. The topological polar surface area (TPSA) is 132 Å². The van der Waals surface area contributed by atoms with Crippen LogP contribution in [0.25, 0.3) is 22.0 Å². The summed E-state index contributed by atoms with van der Waals surface area (Å²) in [5.41, 5.74) is 0.353. The van der Waals surface area contributed by atoms with Crippen molar-refractivity contribution in [1.29, 1.82) is 0 Å². The summed E-state index contributed by atoms with van der Waals surface area (Å²) in [6.45, 7) is 1.93. The first-order valence-electron chi connectivity index (χ1n) is 10.3. The second kappa shape index (κ2) is 7.48. The van der Waals surface area contributed by atoms with E-state index in [1.807, 2.05) is 6.92 Å². The third-order valence-corrected chi connectivity index (χ3v) is 6.62. The number of H-pyrrole nitrogens is 1. The number of amides is 1. The minimum Gasteiger partial charge on any atom is -0.339 e. The van der Waals surface area contributed by atoms with E-state index in [-0.39, 0.29) is 11.3 Å². The number of pyridine rings is 1. The van der Waals surface area contributed by atoms with E-state index in [9.17, 15) is 13.6 Å². The predicted molar refractivity (Wildman–Crippen MR) is 116 cm³/mol. The molecule has 0 unspecified atom stereocenters. The molecule has 2 N–H and O–H groups in total. The Morgan fingerprint density at radius 3 is 2.76 bits per heavy atom. The molecule has 1 fully saturated rings. The molecule has 0 aliphatic heterocycles. The van der Waals surface area contributed by atoms with Crippen LogP contribution in [-0.4, -0.2) is 50.5 Å². The van der Waals surface area contributed by atoms with Gasteiger partial charge in [-0.05, 0) is 25.8 Å². The number of aromatic nitrogens is 9. The van der Waals surface area contributed by atoms with Crippen molar-refractivity contribution in [2.75, 3.05) is 0 Å². The Hall–Kier alpha value is -4.07. The Balaban J connectivity index is 1.50. The van der Waals surface area contributed by atoms with Gasteiger partial charge in [-0.15, -0.1) is 16.4 Å². The highest BCUT2D eigenvalue weighted by atomic mass is 32.1. The molecule has 6 rings (SSSR count). The molecule has 34 heavy (non-hydrogen) atoms. The number of rotatable bonds is 6. The summed E-state index contributed by atoms with van der Waals surface area (Å²) in [7, 11) is 0. The van der Waals surface area contributed by atoms with Crippen molar-refractivity contribution in [2.24, 2.45) is 0 Å². The van der Waals surface area contributed by atoms with Crippen LogP contribution >= 0.6 is 11.3 Å². The van der Waals surface area contributed by atoms with Crippen molar-refractivity contribution in [3.63, 3.8) is 0 Å². The number of nitrogens with one attached hydrogen (secondary N) is 2. The van der Waals surface area contributed by atoms with Gasteiger partial charge in [0.05, 0.1) is 23.5 Å².